The van der Waals surface area contributed by atoms with E-state index in [0.29, 0.717) is 0 Å². The van der Waals surface area contributed by atoms with Crippen LogP contribution in [0, 0.1) is 5.92 Å². The van der Waals surface area contributed by atoms with Gasteiger partial charge >= 0.3 is 6.03 Å². The lowest BCUT2D eigenvalue weighted by atomic mass is 9.71. The summed E-state index contributed by atoms with van der Waals surface area (Å²) in [5.41, 5.74) is 0.0314. The fraction of sp³-hybridized carbons (Fsp3) is 0.467. The summed E-state index contributed by atoms with van der Waals surface area (Å²) < 4.78 is 0. The van der Waals surface area contributed by atoms with Crippen molar-refractivity contribution in [2.45, 2.75) is 37.6 Å². The van der Waals surface area contributed by atoms with E-state index < -0.39 is 5.54 Å². The number of carbonyl (C=O) groups excluding carboxylic acids is 2. The van der Waals surface area contributed by atoms with Gasteiger partial charge in [-0.05, 0) is 24.3 Å². The highest BCUT2D eigenvalue weighted by atomic mass is 16.2. The molecule has 0 spiro atoms. The van der Waals surface area contributed by atoms with Crippen molar-refractivity contribution in [1.29, 1.82) is 0 Å². The van der Waals surface area contributed by atoms with Crippen molar-refractivity contribution < 1.29 is 9.59 Å². The number of benzene rings is 1. The molecule has 19 heavy (non-hydrogen) atoms. The van der Waals surface area contributed by atoms with E-state index in [2.05, 4.69) is 10.6 Å². The second kappa shape index (κ2) is 4.68. The van der Waals surface area contributed by atoms with Gasteiger partial charge in [0, 0.05) is 0 Å². The molecule has 1 aromatic rings. The van der Waals surface area contributed by atoms with Gasteiger partial charge in [-0.1, -0.05) is 49.6 Å². The Labute approximate surface area is 112 Å². The van der Waals surface area contributed by atoms with E-state index in [9.17, 15) is 9.59 Å². The van der Waals surface area contributed by atoms with Crippen LogP contribution in [0.3, 0.4) is 0 Å². The molecular weight excluding hydrogens is 240 g/mol. The van der Waals surface area contributed by atoms with Gasteiger partial charge in [0.15, 0.2) is 0 Å². The zero-order chi connectivity index (χ0) is 13.3. The topological polar surface area (TPSA) is 58.2 Å². The van der Waals surface area contributed by atoms with Gasteiger partial charge in [-0.2, -0.15) is 0 Å². The van der Waals surface area contributed by atoms with E-state index in [-0.39, 0.29) is 17.9 Å². The van der Waals surface area contributed by atoms with Gasteiger partial charge in [-0.15, -0.1) is 0 Å². The Morgan fingerprint density at radius 2 is 1.68 bits per heavy atom. The summed E-state index contributed by atoms with van der Waals surface area (Å²) in [6.45, 7) is 0. The summed E-state index contributed by atoms with van der Waals surface area (Å²) in [5, 5.41) is 5.32. The summed E-state index contributed by atoms with van der Waals surface area (Å²) in [5.74, 6) is -0.00861. The van der Waals surface area contributed by atoms with Crippen molar-refractivity contribution >= 4 is 11.9 Å². The normalized spacial score (nSPS) is 28.0. The van der Waals surface area contributed by atoms with Crippen molar-refractivity contribution in [3.8, 4) is 0 Å². The monoisotopic (exact) mass is 258 g/mol. The predicted molar refractivity (Wildman–Crippen MR) is 71.4 cm³/mol. The zero-order valence-electron chi connectivity index (χ0n) is 10.8. The Hall–Kier alpha value is -1.84. The molecular formula is C15H18N2O2. The van der Waals surface area contributed by atoms with E-state index in [0.717, 1.165) is 31.2 Å². The molecule has 2 aliphatic rings. The first-order valence-corrected chi connectivity index (χ1v) is 6.92. The average molecular weight is 258 g/mol. The van der Waals surface area contributed by atoms with Crippen molar-refractivity contribution in [1.82, 2.24) is 10.6 Å². The minimum absolute atomic E-state index is 0.190. The summed E-state index contributed by atoms with van der Waals surface area (Å²) in [4.78, 5) is 24.1. The lowest BCUT2D eigenvalue weighted by molar-refractivity contribution is -0.126. The highest BCUT2D eigenvalue weighted by Crippen LogP contribution is 2.41. The van der Waals surface area contributed by atoms with E-state index in [1.54, 1.807) is 0 Å². The van der Waals surface area contributed by atoms with Crippen molar-refractivity contribution in [2.24, 2.45) is 5.92 Å². The van der Waals surface area contributed by atoms with E-state index in [1.165, 1.54) is 6.42 Å². The lowest BCUT2D eigenvalue weighted by Crippen LogP contribution is -2.50. The molecule has 3 amide bonds. The number of carbonyl (C=O) groups is 2. The molecule has 1 aliphatic carbocycles. The maximum absolute atomic E-state index is 12.4. The number of imide groups is 1. The Balaban J connectivity index is 2.05. The first kappa shape index (κ1) is 12.2. The van der Waals surface area contributed by atoms with E-state index >= 15 is 0 Å². The fourth-order valence-corrected chi connectivity index (χ4v) is 3.43. The largest absolute Gasteiger partial charge is 0.322 e. The summed E-state index contributed by atoms with van der Waals surface area (Å²) in [6, 6.07) is 9.24. The van der Waals surface area contributed by atoms with E-state index in [1.807, 2.05) is 30.3 Å². The Morgan fingerprint density at radius 1 is 1.00 bits per heavy atom. The fourth-order valence-electron chi connectivity index (χ4n) is 3.43. The molecule has 0 aromatic heterocycles. The Morgan fingerprint density at radius 3 is 2.26 bits per heavy atom. The molecule has 3 rings (SSSR count). The lowest BCUT2D eigenvalue weighted by Gasteiger charge is -2.37. The molecule has 4 nitrogen and oxygen atoms in total. The molecule has 2 N–H and O–H groups in total. The van der Waals surface area contributed by atoms with Crippen LogP contribution < -0.4 is 10.6 Å². The van der Waals surface area contributed by atoms with Gasteiger partial charge in [-0.3, -0.25) is 10.1 Å². The smallest absolute Gasteiger partial charge is 0.319 e. The van der Waals surface area contributed by atoms with Gasteiger partial charge in [-0.25, -0.2) is 4.79 Å². The van der Waals surface area contributed by atoms with Crippen LogP contribution in [0.15, 0.2) is 30.3 Å². The summed E-state index contributed by atoms with van der Waals surface area (Å²) >= 11 is 0. The quantitative estimate of drug-likeness (QED) is 0.800. The van der Waals surface area contributed by atoms with Crippen molar-refractivity contribution in [3.05, 3.63) is 35.9 Å². The molecule has 0 unspecified atom stereocenters. The van der Waals surface area contributed by atoms with Crippen LogP contribution in [0.2, 0.25) is 0 Å². The standard InChI is InChI=1S/C15H18N2O2/c18-13-15(17-14(19)16-13,11-7-3-1-4-8-11)12-9-5-2-6-10-12/h1,3-4,7-8,12H,2,5-6,9-10H2,(H2,16,17,18,19)/t15-/m1/s1. The molecule has 4 heteroatoms. The van der Waals surface area contributed by atoms with Crippen LogP contribution in [-0.2, 0) is 10.3 Å². The molecule has 1 heterocycles. The van der Waals surface area contributed by atoms with Gasteiger partial charge < -0.3 is 5.32 Å². The third-order valence-corrected chi connectivity index (χ3v) is 4.34. The van der Waals surface area contributed by atoms with Crippen molar-refractivity contribution in [3.63, 3.8) is 0 Å². The number of rotatable bonds is 2. The molecule has 1 aliphatic heterocycles. The molecule has 1 saturated carbocycles. The number of nitrogens with one attached hydrogen (secondary N) is 2. The highest BCUT2D eigenvalue weighted by molar-refractivity contribution is 6.07. The first-order valence-electron chi connectivity index (χ1n) is 6.92. The average Bonchev–Trinajstić information content (AvgIpc) is 2.76. The minimum Gasteiger partial charge on any atom is -0.319 e. The van der Waals surface area contributed by atoms with Gasteiger partial charge in [0.1, 0.15) is 5.54 Å². The third-order valence-electron chi connectivity index (χ3n) is 4.34. The Kier molecular flexibility index (Phi) is 3.01. The maximum Gasteiger partial charge on any atom is 0.322 e. The predicted octanol–water partition coefficient (Wildman–Crippen LogP) is 2.30. The summed E-state index contributed by atoms with van der Waals surface area (Å²) in [6.07, 6.45) is 5.45. The summed E-state index contributed by atoms with van der Waals surface area (Å²) in [7, 11) is 0. The molecule has 1 saturated heterocycles. The van der Waals surface area contributed by atoms with Crippen LogP contribution >= 0.6 is 0 Å². The second-order valence-corrected chi connectivity index (χ2v) is 5.42. The number of hydrogen-bond acceptors (Lipinski definition) is 2. The Bertz CT molecular complexity index is 494. The number of amides is 3. The van der Waals surface area contributed by atoms with Gasteiger partial charge in [0.2, 0.25) is 0 Å². The van der Waals surface area contributed by atoms with Gasteiger partial charge in [0.05, 0.1) is 0 Å². The highest BCUT2D eigenvalue weighted by Gasteiger charge is 2.52. The van der Waals surface area contributed by atoms with Crippen LogP contribution in [0.4, 0.5) is 4.79 Å². The van der Waals surface area contributed by atoms with Crippen LogP contribution in [0.5, 0.6) is 0 Å². The molecule has 100 valence electrons. The SMILES string of the molecule is O=C1NC(=O)[C@@](c2ccccc2)(C2CCCCC2)N1. The molecule has 0 bridgehead atoms. The molecule has 2 fully saturated rings. The number of hydrogen-bond donors (Lipinski definition) is 2. The van der Waals surface area contributed by atoms with Gasteiger partial charge in [0.25, 0.3) is 5.91 Å². The van der Waals surface area contributed by atoms with Crippen LogP contribution in [-0.4, -0.2) is 11.9 Å². The molecule has 0 radical (unpaired) electrons. The maximum atomic E-state index is 12.4. The van der Waals surface area contributed by atoms with Crippen LogP contribution in [0.25, 0.3) is 0 Å². The third kappa shape index (κ3) is 1.91. The van der Waals surface area contributed by atoms with Crippen molar-refractivity contribution in [2.75, 3.05) is 0 Å². The molecule has 1 atom stereocenters. The second-order valence-electron chi connectivity index (χ2n) is 5.42. The zero-order valence-corrected chi connectivity index (χ0v) is 10.8. The van der Waals surface area contributed by atoms with E-state index in [4.69, 9.17) is 0 Å². The first-order chi connectivity index (χ1) is 9.23. The van der Waals surface area contributed by atoms with Crippen LogP contribution in [0.1, 0.15) is 37.7 Å². The molecule has 1 aromatic carbocycles. The number of urea groups is 1. The minimum atomic E-state index is -0.862.